The van der Waals surface area contributed by atoms with Gasteiger partial charge in [-0.25, -0.2) is 0 Å². The fourth-order valence-corrected chi connectivity index (χ4v) is 1.91. The van der Waals surface area contributed by atoms with Crippen molar-refractivity contribution in [2.75, 3.05) is 0 Å². The second kappa shape index (κ2) is 11.5. The molecule has 0 aliphatic rings. The van der Waals surface area contributed by atoms with Gasteiger partial charge in [-0.1, -0.05) is 0 Å². The molecular weight excluding hydrogens is 306 g/mol. The van der Waals surface area contributed by atoms with Crippen molar-refractivity contribution in [1.29, 1.82) is 0 Å². The van der Waals surface area contributed by atoms with Gasteiger partial charge in [-0.05, 0) is 0 Å². The first-order valence-corrected chi connectivity index (χ1v) is 5.37. The second-order valence-corrected chi connectivity index (χ2v) is 4.59. The van der Waals surface area contributed by atoms with Gasteiger partial charge in [0.2, 0.25) is 0 Å². The van der Waals surface area contributed by atoms with Gasteiger partial charge in [0.05, 0.1) is 36.8 Å². The van der Waals surface area contributed by atoms with E-state index in [0.717, 1.165) is 0 Å². The summed E-state index contributed by atoms with van der Waals surface area (Å²) in [5.41, 5.74) is 6.88. The Hall–Kier alpha value is -1.05. The normalized spacial score (nSPS) is 10.3. The topological polar surface area (TPSA) is 233 Å². The molecule has 0 rings (SSSR count). The first-order valence-electron chi connectivity index (χ1n) is 5.37. The van der Waals surface area contributed by atoms with E-state index in [1.807, 2.05) is 0 Å². The van der Waals surface area contributed by atoms with Crippen LogP contribution in [0.3, 0.4) is 0 Å². The molecule has 10 N–H and O–H groups in total. The van der Waals surface area contributed by atoms with Crippen molar-refractivity contribution in [2.24, 2.45) is 11.5 Å². The maximum absolute atomic E-state index is 10.8. The molecule has 0 bridgehead atoms. The Labute approximate surface area is 158 Å². The largest absolute Gasteiger partial charge is 1.00 e. The first kappa shape index (κ1) is 29.9. The standard InChI is InChI=1S/C10H16N2O8.2Li.H2O.2H/c11-9(1-5(13)14,2-6(15)16)10(12,3-7(17)18)4-8(19)20;;;;;/h1-4,11-12H2,(H,13,14)(H,15,16)(H,17,18)(H,19,20);;;1H2;;/q;2*+1;;2*-1. The molecule has 0 radical (unpaired) electrons. The van der Waals surface area contributed by atoms with Crippen molar-refractivity contribution >= 4 is 23.9 Å². The van der Waals surface area contributed by atoms with E-state index in [0.29, 0.717) is 0 Å². The van der Waals surface area contributed by atoms with E-state index in [9.17, 15) is 19.2 Å². The molecule has 0 unspecified atom stereocenters. The SMILES string of the molecule is NC(CC(=O)O)(CC(=O)O)C(N)(CC(=O)O)CC(=O)O.O.[H-].[H-].[Li+].[Li+]. The van der Waals surface area contributed by atoms with Crippen LogP contribution in [0.25, 0.3) is 0 Å². The quantitative estimate of drug-likeness (QED) is 0.219. The summed E-state index contributed by atoms with van der Waals surface area (Å²) >= 11 is 0. The molecule has 11 nitrogen and oxygen atoms in total. The zero-order valence-electron chi connectivity index (χ0n) is 14.9. The van der Waals surface area contributed by atoms with Crippen LogP contribution in [0.15, 0.2) is 0 Å². The summed E-state index contributed by atoms with van der Waals surface area (Å²) in [6.45, 7) is 0. The molecule has 0 spiro atoms. The fourth-order valence-electron chi connectivity index (χ4n) is 1.91. The summed E-state index contributed by atoms with van der Waals surface area (Å²) in [4.78, 5) is 43.2. The zero-order valence-corrected chi connectivity index (χ0v) is 12.9. The molecule has 0 atom stereocenters. The minimum Gasteiger partial charge on any atom is -1.00 e. The molecule has 0 heterocycles. The average Bonchev–Trinajstić information content (AvgIpc) is 2.10. The molecule has 0 aromatic carbocycles. The van der Waals surface area contributed by atoms with Gasteiger partial charge in [0.25, 0.3) is 0 Å². The molecule has 0 fully saturated rings. The molecule has 0 aromatic heterocycles. The maximum atomic E-state index is 10.8. The molecule has 0 aliphatic carbocycles. The minimum absolute atomic E-state index is 0. The van der Waals surface area contributed by atoms with Gasteiger partial charge in [-0.15, -0.1) is 0 Å². The first-order chi connectivity index (χ1) is 8.92. The Morgan fingerprint density at radius 3 is 0.870 bits per heavy atom. The number of hydrogen-bond acceptors (Lipinski definition) is 6. The molecule has 0 aromatic rings. The van der Waals surface area contributed by atoms with Gasteiger partial charge >= 0.3 is 61.6 Å². The summed E-state index contributed by atoms with van der Waals surface area (Å²) < 4.78 is 0. The fraction of sp³-hybridized carbons (Fsp3) is 0.600. The third kappa shape index (κ3) is 9.63. The molecule has 0 amide bonds. The van der Waals surface area contributed by atoms with Crippen molar-refractivity contribution in [3.63, 3.8) is 0 Å². The predicted molar refractivity (Wildman–Crippen MR) is 68.7 cm³/mol. The van der Waals surface area contributed by atoms with Gasteiger partial charge in [-0.2, -0.15) is 0 Å². The van der Waals surface area contributed by atoms with Crippen LogP contribution in [0, 0.1) is 0 Å². The third-order valence-electron chi connectivity index (χ3n) is 2.86. The summed E-state index contributed by atoms with van der Waals surface area (Å²) in [5.74, 6) is -6.06. The van der Waals surface area contributed by atoms with E-state index in [1.165, 1.54) is 0 Å². The second-order valence-electron chi connectivity index (χ2n) is 4.59. The van der Waals surface area contributed by atoms with Crippen LogP contribution in [0.2, 0.25) is 0 Å². The van der Waals surface area contributed by atoms with Crippen molar-refractivity contribution in [3.8, 4) is 0 Å². The van der Waals surface area contributed by atoms with Crippen LogP contribution < -0.4 is 49.2 Å². The smallest absolute Gasteiger partial charge is 1.00 e. The monoisotopic (exact) mass is 326 g/mol. The number of carbonyl (C=O) groups is 4. The number of rotatable bonds is 9. The third-order valence-corrected chi connectivity index (χ3v) is 2.86. The molecular formula is C10H20Li2N2O9. The molecule has 0 saturated carbocycles. The minimum atomic E-state index is -2.22. The van der Waals surface area contributed by atoms with Crippen LogP contribution in [0.4, 0.5) is 0 Å². The van der Waals surface area contributed by atoms with Crippen LogP contribution >= 0.6 is 0 Å². The van der Waals surface area contributed by atoms with Crippen molar-refractivity contribution in [3.05, 3.63) is 0 Å². The number of aliphatic carboxylic acids is 4. The van der Waals surface area contributed by atoms with Crippen molar-refractivity contribution in [2.45, 2.75) is 36.8 Å². The Balaban J connectivity index is -0.000000180. The van der Waals surface area contributed by atoms with Crippen LogP contribution in [0.5, 0.6) is 0 Å². The van der Waals surface area contributed by atoms with Crippen LogP contribution in [0.1, 0.15) is 28.5 Å². The van der Waals surface area contributed by atoms with Crippen LogP contribution in [-0.2, 0) is 19.2 Å². The number of carboxylic acid groups (broad SMARTS) is 4. The molecule has 13 heteroatoms. The Morgan fingerprint density at radius 1 is 0.652 bits per heavy atom. The molecule has 0 aliphatic heterocycles. The molecule has 126 valence electrons. The number of hydrogen-bond donors (Lipinski definition) is 6. The van der Waals surface area contributed by atoms with Gasteiger partial charge in [0, 0.05) is 0 Å². The van der Waals surface area contributed by atoms with Gasteiger partial charge < -0.3 is 40.2 Å². The molecule has 0 saturated heterocycles. The van der Waals surface area contributed by atoms with E-state index in [2.05, 4.69) is 0 Å². The number of carboxylic acids is 4. The molecule has 23 heavy (non-hydrogen) atoms. The Kier molecular flexibility index (Phi) is 14.9. The summed E-state index contributed by atoms with van der Waals surface area (Å²) in [7, 11) is 0. The van der Waals surface area contributed by atoms with E-state index in [4.69, 9.17) is 31.9 Å². The maximum Gasteiger partial charge on any atom is 1.00 e. The summed E-state index contributed by atoms with van der Waals surface area (Å²) in [6.07, 6.45) is -3.90. The zero-order chi connectivity index (χ0) is 16.1. The van der Waals surface area contributed by atoms with E-state index < -0.39 is 60.6 Å². The summed E-state index contributed by atoms with van der Waals surface area (Å²) in [5, 5.41) is 35.1. The average molecular weight is 326 g/mol. The van der Waals surface area contributed by atoms with E-state index in [-0.39, 0.29) is 46.1 Å². The number of nitrogens with two attached hydrogens (primary N) is 2. The Morgan fingerprint density at radius 2 is 0.783 bits per heavy atom. The van der Waals surface area contributed by atoms with E-state index in [1.54, 1.807) is 0 Å². The summed E-state index contributed by atoms with van der Waals surface area (Å²) in [6, 6.07) is 0. The van der Waals surface area contributed by atoms with Gasteiger partial charge in [0.15, 0.2) is 0 Å². The predicted octanol–water partition coefficient (Wildman–Crippen LogP) is -8.31. The van der Waals surface area contributed by atoms with Gasteiger partial charge in [-0.3, -0.25) is 19.2 Å². The van der Waals surface area contributed by atoms with E-state index >= 15 is 0 Å². The van der Waals surface area contributed by atoms with Crippen molar-refractivity contribution < 1.29 is 85.7 Å². The van der Waals surface area contributed by atoms with Gasteiger partial charge in [0.1, 0.15) is 0 Å². The Bertz CT molecular complexity index is 382. The van der Waals surface area contributed by atoms with Crippen molar-refractivity contribution in [1.82, 2.24) is 0 Å². The van der Waals surface area contributed by atoms with Crippen LogP contribution in [-0.4, -0.2) is 60.9 Å².